The number of hydrogen-bond acceptors (Lipinski definition) is 16. The molecule has 0 saturated heterocycles. The van der Waals surface area contributed by atoms with Crippen molar-refractivity contribution < 1.29 is 136 Å². The predicted molar refractivity (Wildman–Crippen MR) is 199 cm³/mol. The summed E-state index contributed by atoms with van der Waals surface area (Å²) in [6.07, 6.45) is -0.477. The Kier molecular flexibility index (Phi) is 18.8. The molecule has 19 nitrogen and oxygen atoms in total. The second-order valence-corrected chi connectivity index (χ2v) is 17.4. The summed E-state index contributed by atoms with van der Waals surface area (Å²) in [5.41, 5.74) is 4.69. The number of hydrazone groups is 1. The van der Waals surface area contributed by atoms with E-state index in [2.05, 4.69) is 10.5 Å². The first-order valence-electron chi connectivity index (χ1n) is 17.5. The molecule has 6 N–H and O–H groups in total. The predicted octanol–water partition coefficient (Wildman–Crippen LogP) is -5.17. The van der Waals surface area contributed by atoms with Crippen molar-refractivity contribution in [3.05, 3.63) is 70.8 Å². The zero-order valence-corrected chi connectivity index (χ0v) is 39.3. The Hall–Kier alpha value is -2.26. The van der Waals surface area contributed by atoms with E-state index in [-0.39, 0.29) is 85.6 Å². The van der Waals surface area contributed by atoms with Gasteiger partial charge in [-0.15, -0.1) is 0 Å². The van der Waals surface area contributed by atoms with E-state index in [4.69, 9.17) is 28.4 Å². The molecule has 23 heteroatoms. The normalized spacial score (nSPS) is 21.2. The number of carbonyl (C=O) groups excluding carboxylic acids is 1. The van der Waals surface area contributed by atoms with Gasteiger partial charge in [-0.25, -0.2) is 5.43 Å². The Morgan fingerprint density at radius 2 is 1.59 bits per heavy atom. The first-order valence-corrected chi connectivity index (χ1v) is 20.7. The number of amides is 1. The topological polar surface area (TPSA) is 281 Å². The van der Waals surface area contributed by atoms with E-state index in [1.54, 1.807) is 48.5 Å². The molecule has 0 radical (unpaired) electrons. The maximum atomic E-state index is 14.1. The Balaban J connectivity index is 0.00000465. The molecule has 6 atom stereocenters. The van der Waals surface area contributed by atoms with Gasteiger partial charge in [-0.1, -0.05) is 12.1 Å². The van der Waals surface area contributed by atoms with Crippen LogP contribution < -0.4 is 103 Å². The van der Waals surface area contributed by atoms with E-state index in [9.17, 15) is 48.8 Å². The van der Waals surface area contributed by atoms with Gasteiger partial charge in [0.15, 0.2) is 43.3 Å². The van der Waals surface area contributed by atoms with E-state index >= 15 is 0 Å². The van der Waals surface area contributed by atoms with Crippen LogP contribution in [0.2, 0.25) is 0 Å². The van der Waals surface area contributed by atoms with Crippen molar-refractivity contribution in [2.45, 2.75) is 29.9 Å². The molecule has 0 fully saturated rings. The second kappa shape index (κ2) is 21.7. The molecule has 0 saturated carbocycles. The minimum absolute atomic E-state index is 0. The van der Waals surface area contributed by atoms with Crippen LogP contribution in [-0.4, -0.2) is 109 Å². The molecule has 3 aromatic carbocycles. The van der Waals surface area contributed by atoms with Gasteiger partial charge in [-0.2, -0.15) is 5.10 Å². The van der Waals surface area contributed by atoms with Gasteiger partial charge in [-0.3, -0.25) is 4.79 Å². The van der Waals surface area contributed by atoms with Crippen molar-refractivity contribution in [1.82, 2.24) is 10.3 Å². The summed E-state index contributed by atoms with van der Waals surface area (Å²) in [6.45, 7) is -0.436. The molecule has 2 aliphatic rings. The van der Waals surface area contributed by atoms with Crippen LogP contribution in [0.3, 0.4) is 0 Å². The number of ether oxygens (including phenoxy) is 6. The summed E-state index contributed by atoms with van der Waals surface area (Å²) in [4.78, 5) is 56.9. The van der Waals surface area contributed by atoms with Crippen molar-refractivity contribution in [2.75, 3.05) is 61.5 Å². The Bertz CT molecular complexity index is 2000. The molecule has 0 bridgehead atoms. The number of rotatable bonds is 18. The summed E-state index contributed by atoms with van der Waals surface area (Å²) in [6, 6.07) is 13.5. The molecule has 1 aliphatic carbocycles. The summed E-state index contributed by atoms with van der Waals surface area (Å²) >= 11 is 0. The minimum Gasteiger partial charge on any atom is -0.776 e. The number of carbonyl (C=O) groups is 1. The van der Waals surface area contributed by atoms with Crippen LogP contribution >= 0.6 is 15.2 Å². The molecule has 312 valence electrons. The fraction of sp³-hybridized carbons (Fsp3) is 0.444. The van der Waals surface area contributed by atoms with E-state index in [0.29, 0.717) is 63.2 Å². The van der Waals surface area contributed by atoms with E-state index in [1.165, 1.54) is 39.5 Å². The molecule has 1 aliphatic heterocycles. The van der Waals surface area contributed by atoms with Crippen LogP contribution in [0.4, 0.5) is 0 Å². The van der Waals surface area contributed by atoms with E-state index in [1.807, 2.05) is 0 Å². The quantitative estimate of drug-likeness (QED) is 0.0229. The zero-order valence-electron chi connectivity index (χ0n) is 33.5. The SMILES string of the molecule is COc1cc([C@@H]2c3cc4c(cc3[C@H](O)[C@@H](CO)[C@H]2C(=O)N/N=C/c2cccc(OCCCN(C)CCC(O)(P(=O)([O-])O)P(=O)([O-])O)c2)OCO4)cc(OC)c1OC.[Na+].[Na+]. The number of methoxy groups -OCH3 is 3. The van der Waals surface area contributed by atoms with E-state index < -0.39 is 63.1 Å². The summed E-state index contributed by atoms with van der Waals surface area (Å²) in [5.74, 6) is -1.14. The smallest absolute Gasteiger partial charge is 0.776 e. The number of nitrogens with zero attached hydrogens (tertiary/aromatic N) is 2. The van der Waals surface area contributed by atoms with Gasteiger partial charge in [-0.05, 0) is 72.1 Å². The van der Waals surface area contributed by atoms with Crippen LogP contribution in [-0.2, 0) is 13.9 Å². The maximum Gasteiger partial charge on any atom is 1.00 e. The summed E-state index contributed by atoms with van der Waals surface area (Å²) < 4.78 is 56.6. The van der Waals surface area contributed by atoms with Crippen LogP contribution in [0.1, 0.15) is 47.1 Å². The Labute approximate surface area is 384 Å². The van der Waals surface area contributed by atoms with Crippen molar-refractivity contribution in [3.63, 3.8) is 0 Å². The van der Waals surface area contributed by atoms with E-state index in [0.717, 1.165) is 0 Å². The number of fused-ring (bicyclic) bond motifs is 2. The van der Waals surface area contributed by atoms with Crippen LogP contribution in [0.5, 0.6) is 34.5 Å². The fourth-order valence-corrected chi connectivity index (χ4v) is 8.99. The first-order chi connectivity index (χ1) is 27.0. The molecular weight excluding hydrogens is 838 g/mol. The number of aliphatic hydroxyl groups excluding tert-OH is 2. The zero-order chi connectivity index (χ0) is 41.7. The van der Waals surface area contributed by atoms with Crippen molar-refractivity contribution in [1.29, 1.82) is 0 Å². The van der Waals surface area contributed by atoms with Gasteiger partial charge in [0.05, 0.1) is 46.2 Å². The molecule has 1 heterocycles. The number of hydrogen-bond donors (Lipinski definition) is 6. The third-order valence-corrected chi connectivity index (χ3v) is 13.7. The molecular formula is C36H45N3Na2O16P2. The van der Waals surface area contributed by atoms with Crippen LogP contribution in [0.25, 0.3) is 0 Å². The summed E-state index contributed by atoms with van der Waals surface area (Å²) in [7, 11) is -5.80. The number of aliphatic hydroxyl groups is 3. The molecule has 5 rings (SSSR count). The van der Waals surface area contributed by atoms with Crippen molar-refractivity contribution in [3.8, 4) is 34.5 Å². The average Bonchev–Trinajstić information content (AvgIpc) is 3.64. The fourth-order valence-electron chi connectivity index (χ4n) is 6.94. The largest absolute Gasteiger partial charge is 1.00 e. The van der Waals surface area contributed by atoms with Crippen LogP contribution in [0, 0.1) is 11.8 Å². The number of benzene rings is 3. The monoisotopic (exact) mass is 883 g/mol. The molecule has 59 heavy (non-hydrogen) atoms. The molecule has 0 spiro atoms. The van der Waals surface area contributed by atoms with Gasteiger partial charge >= 0.3 is 59.1 Å². The molecule has 3 aromatic rings. The van der Waals surface area contributed by atoms with Crippen LogP contribution in [0.15, 0.2) is 53.6 Å². The Morgan fingerprint density at radius 1 is 0.983 bits per heavy atom. The van der Waals surface area contributed by atoms with Crippen molar-refractivity contribution >= 4 is 27.3 Å². The van der Waals surface area contributed by atoms with Crippen molar-refractivity contribution in [2.24, 2.45) is 16.9 Å². The standard InChI is InChI=1S/C36H47N3O16P2.2Na/c1-39(11-9-36(43,56(44,45)46)57(47,48)49)10-6-12-53-23-8-5-7-21(13-23)18-37-38-35(42)32-26(19-40)33(41)25-17-28-27(54-20-55-28)16-24(25)31(32)22-14-29(50-2)34(52-4)30(15-22)51-3;;/h5,7-8,13-18,26,31-33,40-41,43H,6,9-12,19-20H2,1-4H3,(H,38,42)(H2,44,45,46)(H2,47,48,49);;/q;2*+1/p-2/b37-18+;;/t26-,31+,32+,33-;;/m0../s1. The van der Waals surface area contributed by atoms with Gasteiger partial charge in [0, 0.05) is 38.0 Å². The van der Waals surface area contributed by atoms with Gasteiger partial charge in [0.2, 0.25) is 18.4 Å². The molecule has 1 amide bonds. The first kappa shape index (κ1) is 51.1. The van der Waals surface area contributed by atoms with Gasteiger partial charge < -0.3 is 77.3 Å². The third-order valence-electron chi connectivity index (χ3n) is 9.95. The number of nitrogens with one attached hydrogen (secondary N) is 1. The molecule has 0 aromatic heterocycles. The molecule has 2 unspecified atom stereocenters. The minimum atomic E-state index is -5.85. The summed E-state index contributed by atoms with van der Waals surface area (Å²) in [5, 5.41) is 32.6. The third kappa shape index (κ3) is 11.4. The Morgan fingerprint density at radius 3 is 2.15 bits per heavy atom. The average molecular weight is 884 g/mol. The van der Waals surface area contributed by atoms with Gasteiger partial charge in [0.25, 0.3) is 0 Å². The second-order valence-electron chi connectivity index (χ2n) is 13.5. The van der Waals surface area contributed by atoms with Gasteiger partial charge in [0.1, 0.15) is 5.75 Å². The maximum absolute atomic E-state index is 14.1.